The predicted molar refractivity (Wildman–Crippen MR) is 125 cm³/mol. The van der Waals surface area contributed by atoms with Crippen LogP contribution >= 0.6 is 0 Å². The van der Waals surface area contributed by atoms with E-state index in [0.29, 0.717) is 28.5 Å². The van der Waals surface area contributed by atoms with E-state index in [4.69, 9.17) is 10.5 Å². The fraction of sp³-hybridized carbons (Fsp3) is 0.333. The van der Waals surface area contributed by atoms with Crippen molar-refractivity contribution in [2.24, 2.45) is 5.92 Å². The number of pyridine rings is 1. The van der Waals surface area contributed by atoms with E-state index in [0.717, 1.165) is 25.6 Å². The predicted octanol–water partition coefficient (Wildman–Crippen LogP) is 2.79. The highest BCUT2D eigenvalue weighted by Crippen LogP contribution is 2.37. The van der Waals surface area contributed by atoms with Gasteiger partial charge < -0.3 is 25.0 Å². The van der Waals surface area contributed by atoms with Gasteiger partial charge in [0.05, 0.1) is 35.0 Å². The molecule has 3 aromatic rings. The molecule has 0 radical (unpaired) electrons. The number of nitrogens with zero attached hydrogens (tertiary/aromatic N) is 4. The molecule has 2 aliphatic heterocycles. The van der Waals surface area contributed by atoms with Gasteiger partial charge in [0.25, 0.3) is 0 Å². The van der Waals surface area contributed by atoms with E-state index in [-0.39, 0.29) is 35.9 Å². The summed E-state index contributed by atoms with van der Waals surface area (Å²) in [7, 11) is 0. The van der Waals surface area contributed by atoms with E-state index in [1.54, 1.807) is 17.0 Å². The minimum Gasteiger partial charge on any atom is -0.489 e. The molecule has 5 rings (SSSR count). The van der Waals surface area contributed by atoms with Gasteiger partial charge in [0.2, 0.25) is 11.4 Å². The van der Waals surface area contributed by atoms with Gasteiger partial charge in [0.1, 0.15) is 23.7 Å². The molecule has 1 saturated heterocycles. The van der Waals surface area contributed by atoms with Crippen molar-refractivity contribution >= 4 is 28.5 Å². The molecule has 2 aliphatic rings. The van der Waals surface area contributed by atoms with Gasteiger partial charge in [-0.1, -0.05) is 12.2 Å². The first-order chi connectivity index (χ1) is 16.3. The van der Waals surface area contributed by atoms with Gasteiger partial charge in [-0.25, -0.2) is 19.2 Å². The van der Waals surface area contributed by atoms with Crippen molar-refractivity contribution in [1.82, 2.24) is 14.5 Å². The van der Waals surface area contributed by atoms with Gasteiger partial charge in [-0.15, -0.1) is 0 Å². The third-order valence-electron chi connectivity index (χ3n) is 6.39. The zero-order valence-electron chi connectivity index (χ0n) is 18.6. The average molecular weight is 465 g/mol. The number of carboxylic acids is 1. The molecule has 2 aromatic heterocycles. The van der Waals surface area contributed by atoms with Gasteiger partial charge in [0.15, 0.2) is 0 Å². The van der Waals surface area contributed by atoms with Crippen LogP contribution in [0.25, 0.3) is 10.9 Å². The van der Waals surface area contributed by atoms with E-state index in [9.17, 15) is 14.7 Å². The molecule has 1 aromatic carbocycles. The number of ether oxygens (including phenoxy) is 1. The van der Waals surface area contributed by atoms with E-state index in [1.807, 2.05) is 13.0 Å². The Labute approximate surface area is 194 Å². The first-order valence-corrected chi connectivity index (χ1v) is 11.1. The Bertz CT molecular complexity index is 1370. The fourth-order valence-electron chi connectivity index (χ4n) is 4.62. The molecular formula is C24H24FN5O4. The summed E-state index contributed by atoms with van der Waals surface area (Å²) in [6, 6.07) is 0.937. The van der Waals surface area contributed by atoms with Gasteiger partial charge in [0, 0.05) is 24.8 Å². The van der Waals surface area contributed by atoms with Crippen molar-refractivity contribution in [3.63, 3.8) is 0 Å². The lowest BCUT2D eigenvalue weighted by atomic mass is 10.0. The third kappa shape index (κ3) is 3.74. The lowest BCUT2D eigenvalue weighted by molar-refractivity contribution is 0.0694. The van der Waals surface area contributed by atoms with Crippen LogP contribution in [0.5, 0.6) is 5.75 Å². The van der Waals surface area contributed by atoms with Crippen LogP contribution < -0.4 is 20.8 Å². The number of aromatic carboxylic acids is 1. The summed E-state index contributed by atoms with van der Waals surface area (Å²) in [5.41, 5.74) is 5.86. The lowest BCUT2D eigenvalue weighted by Crippen LogP contribution is -2.27. The summed E-state index contributed by atoms with van der Waals surface area (Å²) >= 11 is 0. The molecule has 1 fully saturated rings. The van der Waals surface area contributed by atoms with Gasteiger partial charge in [-0.05, 0) is 31.7 Å². The minimum absolute atomic E-state index is 0.0154. The second-order valence-corrected chi connectivity index (χ2v) is 8.75. The Morgan fingerprint density at radius 1 is 1.38 bits per heavy atom. The van der Waals surface area contributed by atoms with Crippen LogP contribution in [0.15, 0.2) is 41.6 Å². The molecule has 0 bridgehead atoms. The molecule has 0 aliphatic carbocycles. The van der Waals surface area contributed by atoms with Gasteiger partial charge in [-0.2, -0.15) is 0 Å². The van der Waals surface area contributed by atoms with E-state index in [1.165, 1.54) is 6.20 Å². The summed E-state index contributed by atoms with van der Waals surface area (Å²) in [5, 5.41) is 9.42. The molecule has 0 spiro atoms. The number of rotatable bonds is 5. The SMILES string of the molecule is C[C@H]1COc2c(C/C=C/[C@@H]3CCN(c4ncc(N)cn4)C3)c(F)cc3c(=O)c(C(=O)O)cn1c23. The van der Waals surface area contributed by atoms with E-state index in [2.05, 4.69) is 20.9 Å². The Balaban J connectivity index is 1.42. The highest BCUT2D eigenvalue weighted by atomic mass is 19.1. The number of aromatic nitrogens is 3. The van der Waals surface area contributed by atoms with Crippen molar-refractivity contribution in [2.75, 3.05) is 30.3 Å². The molecule has 3 N–H and O–H groups in total. The first-order valence-electron chi connectivity index (χ1n) is 11.1. The molecule has 34 heavy (non-hydrogen) atoms. The van der Waals surface area contributed by atoms with Crippen molar-refractivity contribution in [2.45, 2.75) is 25.8 Å². The summed E-state index contributed by atoms with van der Waals surface area (Å²) in [5.74, 6) is -0.723. The maximum Gasteiger partial charge on any atom is 0.341 e. The third-order valence-corrected chi connectivity index (χ3v) is 6.39. The number of anilines is 2. The molecule has 10 heteroatoms. The van der Waals surface area contributed by atoms with Crippen LogP contribution in [0.1, 0.15) is 35.3 Å². The molecule has 9 nitrogen and oxygen atoms in total. The Hall–Kier alpha value is -3.95. The van der Waals surface area contributed by atoms with Crippen LogP contribution in [0.4, 0.5) is 16.0 Å². The van der Waals surface area contributed by atoms with Crippen molar-refractivity contribution in [3.8, 4) is 5.75 Å². The summed E-state index contributed by atoms with van der Waals surface area (Å²) in [4.78, 5) is 34.8. The number of carboxylic acid groups (broad SMARTS) is 1. The largest absolute Gasteiger partial charge is 0.489 e. The maximum absolute atomic E-state index is 15.1. The second kappa shape index (κ2) is 8.44. The highest BCUT2D eigenvalue weighted by molar-refractivity contribution is 5.95. The maximum atomic E-state index is 15.1. The normalized spacial score (nSPS) is 19.6. The number of carbonyl (C=O) groups is 1. The Morgan fingerprint density at radius 3 is 2.88 bits per heavy atom. The molecular weight excluding hydrogens is 441 g/mol. The number of hydrogen-bond donors (Lipinski definition) is 2. The monoisotopic (exact) mass is 465 g/mol. The zero-order chi connectivity index (χ0) is 24.0. The van der Waals surface area contributed by atoms with Crippen LogP contribution in [-0.2, 0) is 6.42 Å². The minimum atomic E-state index is -1.33. The van der Waals surface area contributed by atoms with Gasteiger partial charge in [-0.3, -0.25) is 4.79 Å². The van der Waals surface area contributed by atoms with Gasteiger partial charge >= 0.3 is 5.97 Å². The van der Waals surface area contributed by atoms with Crippen molar-refractivity contribution in [3.05, 3.63) is 64.0 Å². The number of nitrogens with two attached hydrogens (primary N) is 1. The molecule has 176 valence electrons. The number of hydrogen-bond acceptors (Lipinski definition) is 7. The Kier molecular flexibility index (Phi) is 5.43. The van der Waals surface area contributed by atoms with Crippen LogP contribution in [0.2, 0.25) is 0 Å². The standard InChI is InChI=1S/C24H24FN5O4/c1-13-12-34-22-16(19(25)7-17-20(22)30(13)11-18(21(17)31)23(32)33)4-2-3-14-5-6-29(10-14)24-27-8-15(26)9-28-24/h2-3,7-9,11,13-14H,4-6,10,12,26H2,1H3,(H,32,33)/b3-2+/t13-,14+/m0/s1. The lowest BCUT2D eigenvalue weighted by Gasteiger charge is -2.28. The van der Waals surface area contributed by atoms with Crippen molar-refractivity contribution in [1.29, 1.82) is 0 Å². The topological polar surface area (TPSA) is 124 Å². The smallest absolute Gasteiger partial charge is 0.341 e. The molecule has 0 saturated carbocycles. The van der Waals surface area contributed by atoms with E-state index < -0.39 is 17.2 Å². The number of nitrogen functional groups attached to an aromatic ring is 1. The summed E-state index contributed by atoms with van der Waals surface area (Å²) in [6.07, 6.45) is 9.67. The fourth-order valence-corrected chi connectivity index (χ4v) is 4.62. The molecule has 2 atom stereocenters. The second-order valence-electron chi connectivity index (χ2n) is 8.75. The zero-order valence-corrected chi connectivity index (χ0v) is 18.6. The summed E-state index contributed by atoms with van der Waals surface area (Å²) in [6.45, 7) is 3.67. The molecule has 4 heterocycles. The summed E-state index contributed by atoms with van der Waals surface area (Å²) < 4.78 is 22.7. The van der Waals surface area contributed by atoms with Crippen LogP contribution in [0.3, 0.4) is 0 Å². The molecule has 0 unspecified atom stereocenters. The van der Waals surface area contributed by atoms with Crippen LogP contribution in [0, 0.1) is 11.7 Å². The molecule has 0 amide bonds. The van der Waals surface area contributed by atoms with E-state index >= 15 is 4.39 Å². The number of allylic oxidation sites excluding steroid dienone is 1. The quantitative estimate of drug-likeness (QED) is 0.552. The van der Waals surface area contributed by atoms with Crippen molar-refractivity contribution < 1.29 is 19.0 Å². The first kappa shape index (κ1) is 21.9. The Morgan fingerprint density at radius 2 is 2.15 bits per heavy atom. The van der Waals surface area contributed by atoms with Crippen LogP contribution in [-0.4, -0.2) is 45.3 Å². The highest BCUT2D eigenvalue weighted by Gasteiger charge is 2.28. The number of halogens is 1. The average Bonchev–Trinajstić information content (AvgIpc) is 3.28. The number of benzene rings is 1.